The zero-order chi connectivity index (χ0) is 17.3. The number of hydrogen-bond acceptors (Lipinski definition) is 4. The van der Waals surface area contributed by atoms with Crippen molar-refractivity contribution < 1.29 is 29.3 Å². The fourth-order valence-corrected chi connectivity index (χ4v) is 3.34. The Morgan fingerprint density at radius 2 is 1.67 bits per heavy atom. The standard InChI is InChI=1S/C18H16O6/c1-10-9-13(11-5-3-2-4-6-11)15-12(10)7-8-14(23-17(19)20)16(15)24-18(21)22/h2-8,10,13H,9H2,1H3,(H,19,20)(H,21,22). The molecule has 2 aromatic rings. The molecule has 24 heavy (non-hydrogen) atoms. The summed E-state index contributed by atoms with van der Waals surface area (Å²) in [6, 6.07) is 12.9. The molecule has 0 fully saturated rings. The van der Waals surface area contributed by atoms with Crippen LogP contribution in [0.25, 0.3) is 0 Å². The Bertz CT molecular complexity index is 784. The van der Waals surface area contributed by atoms with Gasteiger partial charge in [-0.05, 0) is 29.5 Å². The predicted molar refractivity (Wildman–Crippen MR) is 85.1 cm³/mol. The van der Waals surface area contributed by atoms with Crippen LogP contribution in [0.1, 0.15) is 41.9 Å². The van der Waals surface area contributed by atoms with Gasteiger partial charge in [0, 0.05) is 11.5 Å². The Morgan fingerprint density at radius 3 is 2.29 bits per heavy atom. The van der Waals surface area contributed by atoms with E-state index in [-0.39, 0.29) is 23.3 Å². The van der Waals surface area contributed by atoms with Crippen molar-refractivity contribution in [1.29, 1.82) is 0 Å². The van der Waals surface area contributed by atoms with Crippen molar-refractivity contribution in [3.8, 4) is 11.5 Å². The van der Waals surface area contributed by atoms with E-state index in [2.05, 4.69) is 0 Å². The number of hydrogen-bond donors (Lipinski definition) is 2. The quantitative estimate of drug-likeness (QED) is 0.639. The molecule has 0 spiro atoms. The second kappa shape index (κ2) is 6.23. The summed E-state index contributed by atoms with van der Waals surface area (Å²) in [6.45, 7) is 2.05. The van der Waals surface area contributed by atoms with E-state index >= 15 is 0 Å². The van der Waals surface area contributed by atoms with E-state index in [0.29, 0.717) is 5.56 Å². The van der Waals surface area contributed by atoms with Gasteiger partial charge >= 0.3 is 12.3 Å². The summed E-state index contributed by atoms with van der Waals surface area (Å²) >= 11 is 0. The van der Waals surface area contributed by atoms with Gasteiger partial charge in [0.05, 0.1) is 0 Å². The maximum atomic E-state index is 11.1. The molecule has 2 N–H and O–H groups in total. The number of rotatable bonds is 3. The van der Waals surface area contributed by atoms with Gasteiger partial charge in [0.25, 0.3) is 0 Å². The summed E-state index contributed by atoms with van der Waals surface area (Å²) in [7, 11) is 0. The number of carbonyl (C=O) groups is 2. The Morgan fingerprint density at radius 1 is 1.00 bits per heavy atom. The lowest BCUT2D eigenvalue weighted by Crippen LogP contribution is -2.11. The van der Waals surface area contributed by atoms with E-state index < -0.39 is 12.3 Å². The Kier molecular flexibility index (Phi) is 4.12. The van der Waals surface area contributed by atoms with Gasteiger partial charge in [0.1, 0.15) is 0 Å². The minimum atomic E-state index is -1.52. The first-order valence-electron chi connectivity index (χ1n) is 7.50. The van der Waals surface area contributed by atoms with E-state index in [0.717, 1.165) is 17.5 Å². The first-order valence-corrected chi connectivity index (χ1v) is 7.50. The average molecular weight is 328 g/mol. The topological polar surface area (TPSA) is 93.1 Å². The van der Waals surface area contributed by atoms with Crippen LogP contribution >= 0.6 is 0 Å². The summed E-state index contributed by atoms with van der Waals surface area (Å²) in [5, 5.41) is 17.9. The summed E-state index contributed by atoms with van der Waals surface area (Å²) < 4.78 is 9.64. The number of carboxylic acid groups (broad SMARTS) is 2. The minimum Gasteiger partial charge on any atom is -0.449 e. The lowest BCUT2D eigenvalue weighted by Gasteiger charge is -2.17. The zero-order valence-electron chi connectivity index (χ0n) is 12.9. The summed E-state index contributed by atoms with van der Waals surface area (Å²) in [5.41, 5.74) is 2.64. The van der Waals surface area contributed by atoms with E-state index in [4.69, 9.17) is 19.7 Å². The van der Waals surface area contributed by atoms with Gasteiger partial charge in [0.15, 0.2) is 11.5 Å². The van der Waals surface area contributed by atoms with Crippen LogP contribution in [0.4, 0.5) is 9.59 Å². The lowest BCUT2D eigenvalue weighted by molar-refractivity contribution is 0.132. The molecule has 0 amide bonds. The van der Waals surface area contributed by atoms with Gasteiger partial charge in [-0.25, -0.2) is 9.59 Å². The molecule has 2 unspecified atom stereocenters. The van der Waals surface area contributed by atoms with Crippen molar-refractivity contribution >= 4 is 12.3 Å². The van der Waals surface area contributed by atoms with Crippen molar-refractivity contribution in [2.24, 2.45) is 0 Å². The average Bonchev–Trinajstić information content (AvgIpc) is 2.87. The molecule has 0 aromatic heterocycles. The van der Waals surface area contributed by atoms with Crippen LogP contribution < -0.4 is 9.47 Å². The van der Waals surface area contributed by atoms with E-state index in [1.807, 2.05) is 37.3 Å². The molecule has 1 aliphatic carbocycles. The molecule has 0 heterocycles. The number of fused-ring (bicyclic) bond motifs is 1. The third-order valence-corrected chi connectivity index (χ3v) is 4.25. The molecule has 0 aliphatic heterocycles. The maximum Gasteiger partial charge on any atom is 0.511 e. The Balaban J connectivity index is 2.17. The molecule has 0 radical (unpaired) electrons. The first-order chi connectivity index (χ1) is 11.5. The lowest BCUT2D eigenvalue weighted by atomic mass is 9.92. The monoisotopic (exact) mass is 328 g/mol. The second-order valence-corrected chi connectivity index (χ2v) is 5.73. The van der Waals surface area contributed by atoms with Crippen molar-refractivity contribution in [1.82, 2.24) is 0 Å². The van der Waals surface area contributed by atoms with Gasteiger partial charge in [-0.3, -0.25) is 0 Å². The zero-order valence-corrected chi connectivity index (χ0v) is 12.9. The van der Waals surface area contributed by atoms with Crippen LogP contribution in [-0.2, 0) is 0 Å². The molecule has 0 saturated carbocycles. The molecule has 0 bridgehead atoms. The molecule has 2 atom stereocenters. The van der Waals surface area contributed by atoms with Crippen molar-refractivity contribution in [2.75, 3.05) is 0 Å². The van der Waals surface area contributed by atoms with Crippen LogP contribution in [-0.4, -0.2) is 22.5 Å². The third-order valence-electron chi connectivity index (χ3n) is 4.25. The Hall–Kier alpha value is -3.02. The minimum absolute atomic E-state index is 0.0411. The van der Waals surface area contributed by atoms with Crippen LogP contribution in [0.3, 0.4) is 0 Å². The van der Waals surface area contributed by atoms with Gasteiger partial charge < -0.3 is 19.7 Å². The highest BCUT2D eigenvalue weighted by Crippen LogP contribution is 2.52. The third kappa shape index (κ3) is 2.90. The molecule has 1 aliphatic rings. The molecule has 6 nitrogen and oxygen atoms in total. The summed E-state index contributed by atoms with van der Waals surface area (Å²) in [6.07, 6.45) is -2.25. The fourth-order valence-electron chi connectivity index (χ4n) is 3.34. The van der Waals surface area contributed by atoms with Gasteiger partial charge in [-0.15, -0.1) is 0 Å². The van der Waals surface area contributed by atoms with Gasteiger partial charge in [-0.2, -0.15) is 0 Å². The summed E-state index contributed by atoms with van der Waals surface area (Å²) in [5.74, 6) is -0.0394. The molecular formula is C18H16O6. The largest absolute Gasteiger partial charge is 0.511 e. The molecule has 2 aromatic carbocycles. The maximum absolute atomic E-state index is 11.1. The normalized spacial score (nSPS) is 18.7. The van der Waals surface area contributed by atoms with E-state index in [9.17, 15) is 9.59 Å². The molecule has 124 valence electrons. The van der Waals surface area contributed by atoms with Crippen molar-refractivity contribution in [2.45, 2.75) is 25.2 Å². The van der Waals surface area contributed by atoms with Gasteiger partial charge in [0.2, 0.25) is 0 Å². The van der Waals surface area contributed by atoms with E-state index in [1.54, 1.807) is 6.07 Å². The number of benzene rings is 2. The van der Waals surface area contributed by atoms with Crippen LogP contribution in [0.15, 0.2) is 42.5 Å². The van der Waals surface area contributed by atoms with Crippen molar-refractivity contribution in [3.63, 3.8) is 0 Å². The van der Waals surface area contributed by atoms with Crippen molar-refractivity contribution in [3.05, 3.63) is 59.2 Å². The van der Waals surface area contributed by atoms with Crippen LogP contribution in [0.5, 0.6) is 11.5 Å². The second-order valence-electron chi connectivity index (χ2n) is 5.73. The molecule has 0 saturated heterocycles. The van der Waals surface area contributed by atoms with Gasteiger partial charge in [-0.1, -0.05) is 43.3 Å². The summed E-state index contributed by atoms with van der Waals surface area (Å²) in [4.78, 5) is 22.0. The highest BCUT2D eigenvalue weighted by atomic mass is 16.7. The smallest absolute Gasteiger partial charge is 0.449 e. The first kappa shape index (κ1) is 15.9. The van der Waals surface area contributed by atoms with Crippen LogP contribution in [0.2, 0.25) is 0 Å². The highest BCUT2D eigenvalue weighted by molar-refractivity contribution is 5.70. The highest BCUT2D eigenvalue weighted by Gasteiger charge is 2.35. The number of ether oxygens (including phenoxy) is 2. The Labute approximate surface area is 138 Å². The molecule has 3 rings (SSSR count). The molecular weight excluding hydrogens is 312 g/mol. The fraction of sp³-hybridized carbons (Fsp3) is 0.222. The predicted octanol–water partition coefficient (Wildman–Crippen LogP) is 4.44. The van der Waals surface area contributed by atoms with E-state index in [1.165, 1.54) is 6.07 Å². The van der Waals surface area contributed by atoms with Crippen LogP contribution in [0, 0.1) is 0 Å². The molecule has 6 heteroatoms. The SMILES string of the molecule is CC1CC(c2ccccc2)c2c1ccc(OC(=O)O)c2OC(=O)O.